The van der Waals surface area contributed by atoms with Crippen molar-refractivity contribution in [2.45, 2.75) is 13.3 Å². The van der Waals surface area contributed by atoms with Crippen molar-refractivity contribution in [3.05, 3.63) is 29.8 Å². The average molecular weight is 166 g/mol. The molecule has 0 fully saturated rings. The molecule has 0 spiro atoms. The van der Waals surface area contributed by atoms with Gasteiger partial charge in [-0.1, -0.05) is 19.1 Å². The molecule has 0 amide bonds. The molecule has 3 heteroatoms. The van der Waals surface area contributed by atoms with Crippen LogP contribution < -0.4 is 4.89 Å². The maximum absolute atomic E-state index is 11.1. The van der Waals surface area contributed by atoms with E-state index in [1.54, 1.807) is 25.1 Å². The predicted octanol–water partition coefficient (Wildman–Crippen LogP) is 2.13. The molecule has 1 aromatic rings. The van der Waals surface area contributed by atoms with Crippen molar-refractivity contribution < 1.29 is 14.9 Å². The van der Waals surface area contributed by atoms with Gasteiger partial charge in [0, 0.05) is 12.0 Å². The molecule has 0 unspecified atom stereocenters. The zero-order valence-electron chi connectivity index (χ0n) is 6.78. The molecular weight excluding hydrogens is 156 g/mol. The number of carbonyl (C=O) groups is 1. The van der Waals surface area contributed by atoms with Gasteiger partial charge in [-0.05, 0) is 12.1 Å². The first kappa shape index (κ1) is 8.74. The van der Waals surface area contributed by atoms with Gasteiger partial charge < -0.3 is 4.89 Å². The van der Waals surface area contributed by atoms with E-state index in [0.29, 0.717) is 12.0 Å². The summed E-state index contributed by atoms with van der Waals surface area (Å²) in [5, 5.41) is 8.31. The number of carbonyl (C=O) groups excluding carboxylic acids is 1. The summed E-state index contributed by atoms with van der Waals surface area (Å²) in [4.78, 5) is 15.1. The number of hydrogen-bond donors (Lipinski definition) is 1. The van der Waals surface area contributed by atoms with E-state index in [-0.39, 0.29) is 11.5 Å². The van der Waals surface area contributed by atoms with Crippen molar-refractivity contribution in [1.29, 1.82) is 0 Å². The lowest BCUT2D eigenvalue weighted by Gasteiger charge is -1.99. The summed E-state index contributed by atoms with van der Waals surface area (Å²) in [5.74, 6) is 0.322. The highest BCUT2D eigenvalue weighted by Crippen LogP contribution is 2.13. The molecule has 0 aliphatic rings. The van der Waals surface area contributed by atoms with Crippen LogP contribution in [0.3, 0.4) is 0 Å². The van der Waals surface area contributed by atoms with Gasteiger partial charge in [-0.2, -0.15) is 0 Å². The Bertz CT molecular complexity index is 281. The van der Waals surface area contributed by atoms with Gasteiger partial charge in [-0.3, -0.25) is 4.79 Å². The first-order valence-electron chi connectivity index (χ1n) is 3.72. The van der Waals surface area contributed by atoms with E-state index >= 15 is 0 Å². The molecule has 0 atom stereocenters. The third kappa shape index (κ3) is 1.83. The van der Waals surface area contributed by atoms with Gasteiger partial charge in [-0.25, -0.2) is 5.26 Å². The standard InChI is InChI=1S/C9H10O3/c1-2-9(10)7-4-3-5-8(6-7)12-11/h3-6,11H,2H2,1H3. The molecule has 0 saturated heterocycles. The highest BCUT2D eigenvalue weighted by Gasteiger charge is 2.03. The maximum atomic E-state index is 11.1. The van der Waals surface area contributed by atoms with Gasteiger partial charge in [0.15, 0.2) is 11.5 Å². The molecule has 1 rings (SSSR count). The second-order valence-electron chi connectivity index (χ2n) is 2.40. The second kappa shape index (κ2) is 3.88. The Morgan fingerprint density at radius 1 is 1.58 bits per heavy atom. The molecule has 3 nitrogen and oxygen atoms in total. The van der Waals surface area contributed by atoms with Crippen molar-refractivity contribution in [2.24, 2.45) is 0 Å². The highest BCUT2D eigenvalue weighted by molar-refractivity contribution is 5.96. The Balaban J connectivity index is 2.93. The van der Waals surface area contributed by atoms with Crippen molar-refractivity contribution in [2.75, 3.05) is 0 Å². The Hall–Kier alpha value is -1.35. The Morgan fingerprint density at radius 2 is 2.33 bits per heavy atom. The first-order chi connectivity index (χ1) is 5.77. The van der Waals surface area contributed by atoms with E-state index in [9.17, 15) is 4.79 Å². The number of hydrogen-bond acceptors (Lipinski definition) is 3. The van der Waals surface area contributed by atoms with Crippen molar-refractivity contribution >= 4 is 5.78 Å². The molecule has 0 bridgehead atoms. The zero-order valence-corrected chi connectivity index (χ0v) is 6.78. The van der Waals surface area contributed by atoms with Crippen LogP contribution in [0.25, 0.3) is 0 Å². The van der Waals surface area contributed by atoms with E-state index in [1.165, 1.54) is 6.07 Å². The van der Waals surface area contributed by atoms with E-state index in [2.05, 4.69) is 4.89 Å². The van der Waals surface area contributed by atoms with E-state index in [0.717, 1.165) is 0 Å². The van der Waals surface area contributed by atoms with Crippen LogP contribution in [0.5, 0.6) is 5.75 Å². The van der Waals surface area contributed by atoms with Crippen molar-refractivity contribution in [1.82, 2.24) is 0 Å². The van der Waals surface area contributed by atoms with Gasteiger partial charge in [0.25, 0.3) is 0 Å². The minimum atomic E-state index is 0.0360. The summed E-state index contributed by atoms with van der Waals surface area (Å²) < 4.78 is 0. The molecule has 0 aromatic heterocycles. The van der Waals surface area contributed by atoms with Crippen LogP contribution in [0, 0.1) is 0 Å². The minimum absolute atomic E-state index is 0.0360. The van der Waals surface area contributed by atoms with Crippen LogP contribution in [0.4, 0.5) is 0 Å². The van der Waals surface area contributed by atoms with Crippen LogP contribution >= 0.6 is 0 Å². The minimum Gasteiger partial charge on any atom is -0.340 e. The van der Waals surface area contributed by atoms with Gasteiger partial charge in [0.05, 0.1) is 0 Å². The fourth-order valence-electron chi connectivity index (χ4n) is 0.930. The average Bonchev–Trinajstić information content (AvgIpc) is 2.17. The zero-order chi connectivity index (χ0) is 8.97. The van der Waals surface area contributed by atoms with Crippen LogP contribution in [0.2, 0.25) is 0 Å². The Labute approximate surface area is 70.5 Å². The summed E-state index contributed by atoms with van der Waals surface area (Å²) in [6.45, 7) is 1.79. The molecule has 1 N–H and O–H groups in total. The van der Waals surface area contributed by atoms with Gasteiger partial charge in [0.1, 0.15) is 0 Å². The first-order valence-corrected chi connectivity index (χ1v) is 3.72. The van der Waals surface area contributed by atoms with E-state index in [4.69, 9.17) is 5.26 Å². The predicted molar refractivity (Wildman–Crippen MR) is 44.3 cm³/mol. The monoisotopic (exact) mass is 166 g/mol. The second-order valence-corrected chi connectivity index (χ2v) is 2.40. The fraction of sp³-hybridized carbons (Fsp3) is 0.222. The number of benzene rings is 1. The number of Topliss-reactive ketones (excluding diaryl/α,β-unsaturated/α-hetero) is 1. The summed E-state index contributed by atoms with van der Waals surface area (Å²) in [6, 6.07) is 6.43. The lowest BCUT2D eigenvalue weighted by Crippen LogP contribution is -1.96. The van der Waals surface area contributed by atoms with Gasteiger partial charge >= 0.3 is 0 Å². The van der Waals surface area contributed by atoms with Crippen LogP contribution in [0.15, 0.2) is 24.3 Å². The lowest BCUT2D eigenvalue weighted by atomic mass is 10.1. The quantitative estimate of drug-likeness (QED) is 0.425. The molecule has 0 aliphatic carbocycles. The molecule has 12 heavy (non-hydrogen) atoms. The molecule has 64 valence electrons. The fourth-order valence-corrected chi connectivity index (χ4v) is 0.930. The Morgan fingerprint density at radius 3 is 2.92 bits per heavy atom. The van der Waals surface area contributed by atoms with E-state index < -0.39 is 0 Å². The number of rotatable bonds is 3. The third-order valence-electron chi connectivity index (χ3n) is 1.58. The third-order valence-corrected chi connectivity index (χ3v) is 1.58. The summed E-state index contributed by atoms with van der Waals surface area (Å²) >= 11 is 0. The van der Waals surface area contributed by atoms with Gasteiger partial charge in [0.2, 0.25) is 0 Å². The maximum Gasteiger partial charge on any atom is 0.165 e. The van der Waals surface area contributed by atoms with Crippen molar-refractivity contribution in [3.63, 3.8) is 0 Å². The van der Waals surface area contributed by atoms with Crippen molar-refractivity contribution in [3.8, 4) is 5.75 Å². The Kier molecular flexibility index (Phi) is 2.82. The largest absolute Gasteiger partial charge is 0.340 e. The summed E-state index contributed by atoms with van der Waals surface area (Å²) in [5.41, 5.74) is 0.559. The van der Waals surface area contributed by atoms with E-state index in [1.807, 2.05) is 0 Å². The smallest absolute Gasteiger partial charge is 0.165 e. The van der Waals surface area contributed by atoms with Crippen LogP contribution in [-0.2, 0) is 0 Å². The summed E-state index contributed by atoms with van der Waals surface area (Å²) in [7, 11) is 0. The number of ketones is 1. The lowest BCUT2D eigenvalue weighted by molar-refractivity contribution is -0.137. The molecule has 0 saturated carbocycles. The normalized spacial score (nSPS) is 9.50. The highest BCUT2D eigenvalue weighted by atomic mass is 17.1. The molecule has 0 aliphatic heterocycles. The molecule has 0 radical (unpaired) electrons. The van der Waals surface area contributed by atoms with Gasteiger partial charge in [-0.15, -0.1) is 0 Å². The van der Waals surface area contributed by atoms with Crippen LogP contribution in [-0.4, -0.2) is 11.0 Å². The topological polar surface area (TPSA) is 46.5 Å². The van der Waals surface area contributed by atoms with Crippen LogP contribution in [0.1, 0.15) is 23.7 Å². The molecule has 0 heterocycles. The summed E-state index contributed by atoms with van der Waals surface area (Å²) in [6.07, 6.45) is 0.453. The molecular formula is C9H10O3. The molecule has 1 aromatic carbocycles. The SMILES string of the molecule is CCC(=O)c1cccc(OO)c1.